The van der Waals surface area contributed by atoms with E-state index in [0.29, 0.717) is 17.9 Å². The normalized spacial score (nSPS) is 14.9. The highest BCUT2D eigenvalue weighted by molar-refractivity contribution is 5.17. The van der Waals surface area contributed by atoms with Crippen molar-refractivity contribution in [3.05, 3.63) is 35.6 Å². The van der Waals surface area contributed by atoms with E-state index < -0.39 is 0 Å². The number of benzene rings is 1. The van der Waals surface area contributed by atoms with Gasteiger partial charge in [-0.15, -0.1) is 0 Å². The van der Waals surface area contributed by atoms with Gasteiger partial charge in [0.05, 0.1) is 0 Å². The van der Waals surface area contributed by atoms with E-state index in [1.54, 1.807) is 12.1 Å². The first-order valence-electron chi connectivity index (χ1n) is 6.52. The summed E-state index contributed by atoms with van der Waals surface area (Å²) in [5, 5.41) is 3.53. The minimum Gasteiger partial charge on any atom is -0.314 e. The lowest BCUT2D eigenvalue weighted by molar-refractivity contribution is 0.300. The van der Waals surface area contributed by atoms with Crippen molar-refractivity contribution in [2.45, 2.75) is 40.2 Å². The number of hydrogen-bond donors (Lipinski definition) is 1. The maximum atomic E-state index is 12.8. The summed E-state index contributed by atoms with van der Waals surface area (Å²) >= 11 is 0. The molecule has 0 bridgehead atoms. The highest BCUT2D eigenvalue weighted by Gasteiger charge is 2.19. The number of halogens is 1. The molecular weight excluding hydrogens is 213 g/mol. The summed E-state index contributed by atoms with van der Waals surface area (Å²) < 4.78 is 12.8. The van der Waals surface area contributed by atoms with Crippen molar-refractivity contribution in [3.8, 4) is 0 Å². The van der Waals surface area contributed by atoms with Gasteiger partial charge in [0.1, 0.15) is 5.82 Å². The van der Waals surface area contributed by atoms with E-state index in [4.69, 9.17) is 0 Å². The van der Waals surface area contributed by atoms with Gasteiger partial charge in [0, 0.05) is 6.04 Å². The molecule has 2 heteroatoms. The predicted molar refractivity (Wildman–Crippen MR) is 71.6 cm³/mol. The fourth-order valence-corrected chi connectivity index (χ4v) is 2.05. The molecular formula is C15H24FN. The first-order chi connectivity index (χ1) is 8.04. The van der Waals surface area contributed by atoms with Gasteiger partial charge in [-0.1, -0.05) is 39.8 Å². The Morgan fingerprint density at radius 1 is 1.12 bits per heavy atom. The molecule has 0 radical (unpaired) electrons. The van der Waals surface area contributed by atoms with Crippen LogP contribution in [0.3, 0.4) is 0 Å². The summed E-state index contributed by atoms with van der Waals surface area (Å²) in [6.07, 6.45) is 0.966. The first kappa shape index (κ1) is 14.2. The van der Waals surface area contributed by atoms with E-state index in [2.05, 4.69) is 33.0 Å². The molecule has 1 aromatic carbocycles. The molecule has 0 saturated carbocycles. The molecule has 1 aromatic rings. The molecule has 0 fully saturated rings. The average Bonchev–Trinajstić information content (AvgIpc) is 2.30. The van der Waals surface area contributed by atoms with Gasteiger partial charge in [0.25, 0.3) is 0 Å². The first-order valence-corrected chi connectivity index (χ1v) is 6.52. The lowest BCUT2D eigenvalue weighted by atomic mass is 9.86. The van der Waals surface area contributed by atoms with Gasteiger partial charge in [-0.05, 0) is 42.5 Å². The van der Waals surface area contributed by atoms with Crippen molar-refractivity contribution >= 4 is 0 Å². The molecule has 2 unspecified atom stereocenters. The Kier molecular flexibility index (Phi) is 5.63. The van der Waals surface area contributed by atoms with Crippen molar-refractivity contribution in [1.82, 2.24) is 5.32 Å². The molecule has 0 amide bonds. The smallest absolute Gasteiger partial charge is 0.123 e. The zero-order valence-electron chi connectivity index (χ0n) is 11.3. The summed E-state index contributed by atoms with van der Waals surface area (Å²) in [5.41, 5.74) is 1.20. The number of likely N-dealkylation sites (N-methyl/N-ethyl adjacent to an activating group) is 1. The fourth-order valence-electron chi connectivity index (χ4n) is 2.05. The van der Waals surface area contributed by atoms with Crippen LogP contribution in [0.15, 0.2) is 24.3 Å². The van der Waals surface area contributed by atoms with E-state index in [1.165, 1.54) is 5.56 Å². The minimum absolute atomic E-state index is 0.161. The van der Waals surface area contributed by atoms with Crippen LogP contribution in [0.5, 0.6) is 0 Å². The van der Waals surface area contributed by atoms with E-state index in [1.807, 2.05) is 12.1 Å². The maximum Gasteiger partial charge on any atom is 0.123 e. The molecule has 96 valence electrons. The molecule has 2 atom stereocenters. The molecule has 1 N–H and O–H groups in total. The topological polar surface area (TPSA) is 12.0 Å². The Hall–Kier alpha value is -0.890. The second-order valence-corrected chi connectivity index (χ2v) is 5.10. The van der Waals surface area contributed by atoms with Crippen molar-refractivity contribution in [2.75, 3.05) is 6.54 Å². The Balaban J connectivity index is 2.69. The van der Waals surface area contributed by atoms with Gasteiger partial charge in [0.2, 0.25) is 0 Å². The maximum absolute atomic E-state index is 12.8. The molecule has 1 nitrogen and oxygen atoms in total. The molecule has 0 aliphatic heterocycles. The van der Waals surface area contributed by atoms with Crippen LogP contribution < -0.4 is 5.32 Å². The van der Waals surface area contributed by atoms with Gasteiger partial charge in [-0.25, -0.2) is 4.39 Å². The van der Waals surface area contributed by atoms with Gasteiger partial charge >= 0.3 is 0 Å². The van der Waals surface area contributed by atoms with Crippen LogP contribution >= 0.6 is 0 Å². The van der Waals surface area contributed by atoms with Crippen LogP contribution in [0, 0.1) is 17.7 Å². The van der Waals surface area contributed by atoms with Crippen molar-refractivity contribution in [1.29, 1.82) is 0 Å². The zero-order chi connectivity index (χ0) is 12.8. The molecule has 0 aliphatic carbocycles. The van der Waals surface area contributed by atoms with Crippen molar-refractivity contribution in [3.63, 3.8) is 0 Å². The summed E-state index contributed by atoms with van der Waals surface area (Å²) in [5.74, 6) is 1.10. The Bertz CT molecular complexity index is 318. The highest BCUT2D eigenvalue weighted by atomic mass is 19.1. The Labute approximate surface area is 104 Å². The van der Waals surface area contributed by atoms with E-state index in [-0.39, 0.29) is 5.82 Å². The minimum atomic E-state index is -0.161. The Morgan fingerprint density at radius 3 is 2.18 bits per heavy atom. The van der Waals surface area contributed by atoms with Crippen molar-refractivity contribution in [2.24, 2.45) is 11.8 Å². The molecule has 0 aromatic heterocycles. The number of rotatable bonds is 6. The summed E-state index contributed by atoms with van der Waals surface area (Å²) in [6.45, 7) is 9.88. The molecule has 0 saturated heterocycles. The SMILES string of the molecule is CCNC(Cc1ccc(F)cc1)C(C)C(C)C. The number of hydrogen-bond acceptors (Lipinski definition) is 1. The van der Waals surface area contributed by atoms with Crippen LogP contribution in [0.1, 0.15) is 33.3 Å². The van der Waals surface area contributed by atoms with Gasteiger partial charge in [0.15, 0.2) is 0 Å². The summed E-state index contributed by atoms with van der Waals surface area (Å²) in [6, 6.07) is 7.31. The second kappa shape index (κ2) is 6.75. The third-order valence-corrected chi connectivity index (χ3v) is 3.52. The summed E-state index contributed by atoms with van der Waals surface area (Å²) in [7, 11) is 0. The quantitative estimate of drug-likeness (QED) is 0.796. The lowest BCUT2D eigenvalue weighted by Gasteiger charge is -2.28. The van der Waals surface area contributed by atoms with Gasteiger partial charge in [-0.3, -0.25) is 0 Å². The second-order valence-electron chi connectivity index (χ2n) is 5.10. The fraction of sp³-hybridized carbons (Fsp3) is 0.600. The van der Waals surface area contributed by atoms with Crippen LogP contribution in [-0.2, 0) is 6.42 Å². The van der Waals surface area contributed by atoms with Crippen LogP contribution in [0.25, 0.3) is 0 Å². The largest absolute Gasteiger partial charge is 0.314 e. The van der Waals surface area contributed by atoms with Crippen molar-refractivity contribution < 1.29 is 4.39 Å². The third-order valence-electron chi connectivity index (χ3n) is 3.52. The molecule has 0 heterocycles. The lowest BCUT2D eigenvalue weighted by Crippen LogP contribution is -2.38. The van der Waals surface area contributed by atoms with E-state index >= 15 is 0 Å². The van der Waals surface area contributed by atoms with Gasteiger partial charge in [-0.2, -0.15) is 0 Å². The standard InChI is InChI=1S/C15H24FN/c1-5-17-15(12(4)11(2)3)10-13-6-8-14(16)9-7-13/h6-9,11-12,15,17H,5,10H2,1-4H3. The molecule has 0 aliphatic rings. The monoisotopic (exact) mass is 237 g/mol. The molecule has 17 heavy (non-hydrogen) atoms. The van der Waals surface area contributed by atoms with Crippen LogP contribution in [0.2, 0.25) is 0 Å². The van der Waals surface area contributed by atoms with E-state index in [0.717, 1.165) is 13.0 Å². The summed E-state index contributed by atoms with van der Waals surface area (Å²) in [4.78, 5) is 0. The number of nitrogens with one attached hydrogen (secondary N) is 1. The van der Waals surface area contributed by atoms with Crippen LogP contribution in [0.4, 0.5) is 4.39 Å². The van der Waals surface area contributed by atoms with Crippen LogP contribution in [-0.4, -0.2) is 12.6 Å². The third kappa shape index (κ3) is 4.47. The highest BCUT2D eigenvalue weighted by Crippen LogP contribution is 2.18. The predicted octanol–water partition coefficient (Wildman–Crippen LogP) is 3.64. The van der Waals surface area contributed by atoms with E-state index in [9.17, 15) is 4.39 Å². The molecule has 1 rings (SSSR count). The van der Waals surface area contributed by atoms with Gasteiger partial charge < -0.3 is 5.32 Å². The zero-order valence-corrected chi connectivity index (χ0v) is 11.3. The Morgan fingerprint density at radius 2 is 1.71 bits per heavy atom. The molecule has 0 spiro atoms. The average molecular weight is 237 g/mol.